The van der Waals surface area contributed by atoms with Gasteiger partial charge in [0.05, 0.1) is 14.2 Å². The lowest BCUT2D eigenvalue weighted by Gasteiger charge is -2.17. The summed E-state index contributed by atoms with van der Waals surface area (Å²) in [6.45, 7) is 1.90. The van der Waals surface area contributed by atoms with E-state index in [2.05, 4.69) is 5.43 Å². The standard InChI is InChI=1S/C12H19N3O3/c1-7-4-10(17-2)11(18-3)5-8(7)9(13)6-12(16)15-14/h4-5,9H,6,13-14H2,1-3H3,(H,15,16). The van der Waals surface area contributed by atoms with Crippen molar-refractivity contribution >= 4 is 5.91 Å². The van der Waals surface area contributed by atoms with Crippen LogP contribution in [-0.2, 0) is 4.79 Å². The lowest BCUT2D eigenvalue weighted by Crippen LogP contribution is -2.32. The molecule has 1 amide bonds. The maximum Gasteiger partial charge on any atom is 0.235 e. The molecule has 0 heterocycles. The van der Waals surface area contributed by atoms with Crippen LogP contribution in [0.2, 0.25) is 0 Å². The van der Waals surface area contributed by atoms with E-state index >= 15 is 0 Å². The number of nitrogens with one attached hydrogen (secondary N) is 1. The van der Waals surface area contributed by atoms with Gasteiger partial charge in [-0.15, -0.1) is 0 Å². The monoisotopic (exact) mass is 253 g/mol. The van der Waals surface area contributed by atoms with Gasteiger partial charge in [0.2, 0.25) is 5.91 Å². The van der Waals surface area contributed by atoms with Gasteiger partial charge < -0.3 is 15.2 Å². The van der Waals surface area contributed by atoms with Gasteiger partial charge in [0, 0.05) is 12.5 Å². The Morgan fingerprint density at radius 2 is 1.89 bits per heavy atom. The van der Waals surface area contributed by atoms with E-state index in [1.54, 1.807) is 20.3 Å². The lowest BCUT2D eigenvalue weighted by atomic mass is 9.98. The van der Waals surface area contributed by atoms with Gasteiger partial charge in [-0.05, 0) is 30.2 Å². The molecule has 0 fully saturated rings. The van der Waals surface area contributed by atoms with Crippen molar-refractivity contribution in [2.45, 2.75) is 19.4 Å². The molecular weight excluding hydrogens is 234 g/mol. The number of aryl methyl sites for hydroxylation is 1. The van der Waals surface area contributed by atoms with E-state index in [1.807, 2.05) is 13.0 Å². The minimum Gasteiger partial charge on any atom is -0.493 e. The molecule has 0 aliphatic heterocycles. The molecule has 0 bridgehead atoms. The van der Waals surface area contributed by atoms with Crippen molar-refractivity contribution in [3.63, 3.8) is 0 Å². The topological polar surface area (TPSA) is 99.6 Å². The molecule has 1 aromatic carbocycles. The zero-order valence-corrected chi connectivity index (χ0v) is 10.8. The van der Waals surface area contributed by atoms with Crippen LogP contribution in [0, 0.1) is 6.92 Å². The van der Waals surface area contributed by atoms with Crippen LogP contribution in [0.5, 0.6) is 11.5 Å². The van der Waals surface area contributed by atoms with Crippen molar-refractivity contribution in [2.75, 3.05) is 14.2 Å². The average molecular weight is 253 g/mol. The molecule has 1 rings (SSSR count). The van der Waals surface area contributed by atoms with Crippen LogP contribution in [0.15, 0.2) is 12.1 Å². The summed E-state index contributed by atoms with van der Waals surface area (Å²) in [4.78, 5) is 11.2. The van der Waals surface area contributed by atoms with E-state index in [9.17, 15) is 4.79 Å². The molecule has 0 saturated heterocycles. The Bertz CT molecular complexity index is 435. The van der Waals surface area contributed by atoms with Gasteiger partial charge in [0.1, 0.15) is 0 Å². The molecule has 100 valence electrons. The number of ether oxygens (including phenoxy) is 2. The summed E-state index contributed by atoms with van der Waals surface area (Å²) in [6.07, 6.45) is 0.118. The van der Waals surface area contributed by atoms with E-state index in [-0.39, 0.29) is 12.3 Å². The number of hydrogen-bond donors (Lipinski definition) is 3. The number of amides is 1. The second-order valence-corrected chi connectivity index (χ2v) is 3.94. The maximum atomic E-state index is 11.2. The summed E-state index contributed by atoms with van der Waals surface area (Å²) in [6, 6.07) is 3.17. The van der Waals surface area contributed by atoms with Gasteiger partial charge in [0.25, 0.3) is 0 Å². The summed E-state index contributed by atoms with van der Waals surface area (Å²) < 4.78 is 10.4. The summed E-state index contributed by atoms with van der Waals surface area (Å²) >= 11 is 0. The highest BCUT2D eigenvalue weighted by atomic mass is 16.5. The van der Waals surface area contributed by atoms with Crippen LogP contribution in [0.1, 0.15) is 23.6 Å². The Morgan fingerprint density at radius 1 is 1.33 bits per heavy atom. The van der Waals surface area contributed by atoms with Crippen LogP contribution in [0.3, 0.4) is 0 Å². The SMILES string of the molecule is COc1cc(C)c(C(N)CC(=O)NN)cc1OC. The van der Waals surface area contributed by atoms with E-state index < -0.39 is 6.04 Å². The summed E-state index contributed by atoms with van der Waals surface area (Å²) in [7, 11) is 3.12. The lowest BCUT2D eigenvalue weighted by molar-refractivity contribution is -0.121. The first-order valence-corrected chi connectivity index (χ1v) is 5.51. The van der Waals surface area contributed by atoms with Crippen LogP contribution in [-0.4, -0.2) is 20.1 Å². The normalized spacial score (nSPS) is 11.8. The minimum absolute atomic E-state index is 0.118. The molecular formula is C12H19N3O3. The zero-order chi connectivity index (χ0) is 13.7. The molecule has 0 saturated carbocycles. The number of hydrogen-bond acceptors (Lipinski definition) is 5. The van der Waals surface area contributed by atoms with Crippen LogP contribution in [0.4, 0.5) is 0 Å². The largest absolute Gasteiger partial charge is 0.493 e. The van der Waals surface area contributed by atoms with Gasteiger partial charge in [-0.3, -0.25) is 10.2 Å². The zero-order valence-electron chi connectivity index (χ0n) is 10.8. The molecule has 18 heavy (non-hydrogen) atoms. The predicted molar refractivity (Wildman–Crippen MR) is 68.2 cm³/mol. The number of carbonyl (C=O) groups is 1. The predicted octanol–water partition coefficient (Wildman–Crippen LogP) is 0.392. The molecule has 0 radical (unpaired) electrons. The molecule has 0 aromatic heterocycles. The number of methoxy groups -OCH3 is 2. The molecule has 5 N–H and O–H groups in total. The summed E-state index contributed by atoms with van der Waals surface area (Å²) in [5.41, 5.74) is 9.80. The Morgan fingerprint density at radius 3 is 2.39 bits per heavy atom. The Balaban J connectivity index is 3.05. The highest BCUT2D eigenvalue weighted by Gasteiger charge is 2.16. The third kappa shape index (κ3) is 3.12. The van der Waals surface area contributed by atoms with Gasteiger partial charge in [-0.25, -0.2) is 5.84 Å². The fourth-order valence-corrected chi connectivity index (χ4v) is 1.76. The van der Waals surface area contributed by atoms with Gasteiger partial charge >= 0.3 is 0 Å². The second-order valence-electron chi connectivity index (χ2n) is 3.94. The Hall–Kier alpha value is -1.79. The molecule has 1 atom stereocenters. The number of benzene rings is 1. The van der Waals surface area contributed by atoms with Crippen LogP contribution >= 0.6 is 0 Å². The van der Waals surface area contributed by atoms with Crippen molar-refractivity contribution in [1.29, 1.82) is 0 Å². The fraction of sp³-hybridized carbons (Fsp3) is 0.417. The summed E-state index contributed by atoms with van der Waals surface area (Å²) in [5, 5.41) is 0. The molecule has 0 aliphatic carbocycles. The Kier molecular flexibility index (Phi) is 4.94. The molecule has 6 heteroatoms. The first-order chi connectivity index (χ1) is 8.53. The second kappa shape index (κ2) is 6.23. The molecule has 0 spiro atoms. The number of carbonyl (C=O) groups excluding carboxylic acids is 1. The summed E-state index contributed by atoms with van der Waals surface area (Å²) in [5.74, 6) is 5.95. The molecule has 1 aromatic rings. The van der Waals surface area contributed by atoms with Crippen molar-refractivity contribution in [3.8, 4) is 11.5 Å². The van der Waals surface area contributed by atoms with E-state index in [1.165, 1.54) is 0 Å². The third-order valence-electron chi connectivity index (χ3n) is 2.74. The van der Waals surface area contributed by atoms with E-state index in [0.717, 1.165) is 11.1 Å². The van der Waals surface area contributed by atoms with Crippen LogP contribution < -0.4 is 26.5 Å². The van der Waals surface area contributed by atoms with Crippen molar-refractivity contribution in [2.24, 2.45) is 11.6 Å². The quantitative estimate of drug-likeness (QED) is 0.400. The van der Waals surface area contributed by atoms with E-state index in [0.29, 0.717) is 11.5 Å². The van der Waals surface area contributed by atoms with Crippen molar-refractivity contribution in [1.82, 2.24) is 5.43 Å². The van der Waals surface area contributed by atoms with Gasteiger partial charge in [-0.2, -0.15) is 0 Å². The third-order valence-corrected chi connectivity index (χ3v) is 2.74. The number of nitrogens with two attached hydrogens (primary N) is 2. The smallest absolute Gasteiger partial charge is 0.235 e. The Labute approximate surface area is 106 Å². The fourth-order valence-electron chi connectivity index (χ4n) is 1.76. The minimum atomic E-state index is -0.437. The van der Waals surface area contributed by atoms with Gasteiger partial charge in [-0.1, -0.05) is 0 Å². The molecule has 0 aliphatic rings. The highest BCUT2D eigenvalue weighted by Crippen LogP contribution is 2.32. The molecule has 6 nitrogen and oxygen atoms in total. The highest BCUT2D eigenvalue weighted by molar-refractivity contribution is 5.76. The number of hydrazine groups is 1. The molecule has 1 unspecified atom stereocenters. The van der Waals surface area contributed by atoms with Crippen LogP contribution in [0.25, 0.3) is 0 Å². The van der Waals surface area contributed by atoms with Crippen molar-refractivity contribution in [3.05, 3.63) is 23.3 Å². The number of rotatable bonds is 5. The average Bonchev–Trinajstić information content (AvgIpc) is 2.37. The first kappa shape index (κ1) is 14.3. The van der Waals surface area contributed by atoms with Crippen molar-refractivity contribution < 1.29 is 14.3 Å². The van der Waals surface area contributed by atoms with Gasteiger partial charge in [0.15, 0.2) is 11.5 Å². The van der Waals surface area contributed by atoms with E-state index in [4.69, 9.17) is 21.1 Å². The first-order valence-electron chi connectivity index (χ1n) is 5.51. The maximum absolute atomic E-state index is 11.2.